The zero-order valence-corrected chi connectivity index (χ0v) is 8.35. The molecule has 0 saturated carbocycles. The van der Waals surface area contributed by atoms with Gasteiger partial charge in [0.05, 0.1) is 0 Å². The summed E-state index contributed by atoms with van der Waals surface area (Å²) < 4.78 is 0. The largest absolute Gasteiger partial charge is 0.0989 e. The molecule has 1 aliphatic rings. The van der Waals surface area contributed by atoms with Gasteiger partial charge in [0, 0.05) is 5.92 Å². The fraction of sp³-hybridized carbons (Fsp3) is 0.500. The smallest absolute Gasteiger partial charge is 0.00393 e. The molecule has 0 saturated heterocycles. The minimum atomic E-state index is 0.625. The molecule has 0 radical (unpaired) electrons. The number of rotatable bonds is 2. The quantitative estimate of drug-likeness (QED) is 0.541. The van der Waals surface area contributed by atoms with Gasteiger partial charge in [-0.2, -0.15) is 0 Å². The van der Waals surface area contributed by atoms with Crippen molar-refractivity contribution in [3.63, 3.8) is 0 Å². The Kier molecular flexibility index (Phi) is 2.91. The van der Waals surface area contributed by atoms with Crippen molar-refractivity contribution in [3.05, 3.63) is 35.5 Å². The zero-order chi connectivity index (χ0) is 9.14. The van der Waals surface area contributed by atoms with E-state index in [0.29, 0.717) is 5.92 Å². The molecule has 66 valence electrons. The van der Waals surface area contributed by atoms with Crippen molar-refractivity contribution < 1.29 is 0 Å². The summed E-state index contributed by atoms with van der Waals surface area (Å²) in [7, 11) is 0. The van der Waals surface area contributed by atoms with Crippen molar-refractivity contribution in [2.24, 2.45) is 5.92 Å². The van der Waals surface area contributed by atoms with Gasteiger partial charge in [0.15, 0.2) is 0 Å². The van der Waals surface area contributed by atoms with Crippen LogP contribution in [0.1, 0.15) is 33.6 Å². The van der Waals surface area contributed by atoms with Gasteiger partial charge in [-0.1, -0.05) is 35.5 Å². The highest BCUT2D eigenvalue weighted by molar-refractivity contribution is 5.28. The van der Waals surface area contributed by atoms with Gasteiger partial charge in [0.2, 0.25) is 0 Å². The molecule has 0 heterocycles. The van der Waals surface area contributed by atoms with E-state index in [1.807, 2.05) is 0 Å². The highest BCUT2D eigenvalue weighted by Gasteiger charge is 2.17. The van der Waals surface area contributed by atoms with E-state index in [9.17, 15) is 0 Å². The molecule has 0 fully saturated rings. The molecule has 1 aliphatic carbocycles. The second kappa shape index (κ2) is 3.75. The van der Waals surface area contributed by atoms with Crippen molar-refractivity contribution in [1.29, 1.82) is 0 Å². The Morgan fingerprint density at radius 3 is 2.75 bits per heavy atom. The first-order chi connectivity index (χ1) is 5.61. The Balaban J connectivity index is 2.57. The highest BCUT2D eigenvalue weighted by Crippen LogP contribution is 2.32. The first kappa shape index (κ1) is 9.31. The SMILES string of the molecule is C=C1CC=C(C)C1CC=C(C)C. The standard InChI is InChI=1S/C12H18/c1-9(2)5-8-12-10(3)6-7-11(12)4/h5,7,12H,3,6,8H2,1-2,4H3. The normalized spacial score (nSPS) is 22.4. The Bertz CT molecular complexity index is 237. The maximum atomic E-state index is 4.08. The van der Waals surface area contributed by atoms with Crippen LogP contribution < -0.4 is 0 Å². The van der Waals surface area contributed by atoms with Crippen molar-refractivity contribution in [3.8, 4) is 0 Å². The van der Waals surface area contributed by atoms with Crippen molar-refractivity contribution in [2.75, 3.05) is 0 Å². The average Bonchev–Trinajstić information content (AvgIpc) is 2.28. The van der Waals surface area contributed by atoms with E-state index in [1.54, 1.807) is 0 Å². The zero-order valence-electron chi connectivity index (χ0n) is 8.35. The Hall–Kier alpha value is -0.780. The molecule has 12 heavy (non-hydrogen) atoms. The van der Waals surface area contributed by atoms with Gasteiger partial charge in [-0.3, -0.25) is 0 Å². The predicted octanol–water partition coefficient (Wildman–Crippen LogP) is 3.87. The molecule has 0 aromatic heterocycles. The van der Waals surface area contributed by atoms with Crippen LogP contribution in [0.25, 0.3) is 0 Å². The number of allylic oxidation sites excluding steroid dienone is 5. The molecule has 1 rings (SSSR count). The summed E-state index contributed by atoms with van der Waals surface area (Å²) in [6.07, 6.45) is 6.83. The Labute approximate surface area is 75.7 Å². The van der Waals surface area contributed by atoms with Crippen LogP contribution in [0.15, 0.2) is 35.5 Å². The minimum Gasteiger partial charge on any atom is -0.0989 e. The van der Waals surface area contributed by atoms with Crippen LogP contribution in [-0.4, -0.2) is 0 Å². The summed E-state index contributed by atoms with van der Waals surface area (Å²) in [6, 6.07) is 0. The lowest BCUT2D eigenvalue weighted by Gasteiger charge is -2.11. The lowest BCUT2D eigenvalue weighted by Crippen LogP contribution is -1.97. The summed E-state index contributed by atoms with van der Waals surface area (Å²) in [4.78, 5) is 0. The molecule has 0 aromatic carbocycles. The van der Waals surface area contributed by atoms with Crippen LogP contribution in [0.5, 0.6) is 0 Å². The molecule has 1 atom stereocenters. The third kappa shape index (κ3) is 2.10. The molecule has 0 N–H and O–H groups in total. The van der Waals surface area contributed by atoms with E-state index < -0.39 is 0 Å². The van der Waals surface area contributed by atoms with Crippen LogP contribution in [0.3, 0.4) is 0 Å². The van der Waals surface area contributed by atoms with E-state index in [-0.39, 0.29) is 0 Å². The molecule has 0 bridgehead atoms. The Morgan fingerprint density at radius 1 is 1.67 bits per heavy atom. The average molecular weight is 162 g/mol. The van der Waals surface area contributed by atoms with E-state index in [4.69, 9.17) is 0 Å². The van der Waals surface area contributed by atoms with Crippen molar-refractivity contribution in [1.82, 2.24) is 0 Å². The third-order valence-electron chi connectivity index (χ3n) is 2.49. The minimum absolute atomic E-state index is 0.625. The first-order valence-electron chi connectivity index (χ1n) is 4.59. The first-order valence-corrected chi connectivity index (χ1v) is 4.59. The fourth-order valence-electron chi connectivity index (χ4n) is 1.60. The maximum absolute atomic E-state index is 4.08. The number of hydrogen-bond acceptors (Lipinski definition) is 0. The van der Waals surface area contributed by atoms with E-state index in [0.717, 1.165) is 12.8 Å². The molecule has 0 spiro atoms. The summed E-state index contributed by atoms with van der Waals surface area (Å²) in [5.41, 5.74) is 4.28. The lowest BCUT2D eigenvalue weighted by molar-refractivity contribution is 0.745. The summed E-state index contributed by atoms with van der Waals surface area (Å²) in [5.74, 6) is 0.625. The monoisotopic (exact) mass is 162 g/mol. The molecule has 0 aliphatic heterocycles. The molecule has 0 amide bonds. The molecule has 1 unspecified atom stereocenters. The van der Waals surface area contributed by atoms with Crippen molar-refractivity contribution in [2.45, 2.75) is 33.6 Å². The van der Waals surface area contributed by atoms with Gasteiger partial charge >= 0.3 is 0 Å². The summed E-state index contributed by atoms with van der Waals surface area (Å²) >= 11 is 0. The van der Waals surface area contributed by atoms with Crippen LogP contribution in [0.4, 0.5) is 0 Å². The predicted molar refractivity (Wildman–Crippen MR) is 55.1 cm³/mol. The fourth-order valence-corrected chi connectivity index (χ4v) is 1.60. The number of hydrogen-bond donors (Lipinski definition) is 0. The van der Waals surface area contributed by atoms with Gasteiger partial charge in [-0.05, 0) is 33.6 Å². The van der Waals surface area contributed by atoms with E-state index >= 15 is 0 Å². The molecule has 0 heteroatoms. The lowest BCUT2D eigenvalue weighted by atomic mass is 9.94. The topological polar surface area (TPSA) is 0 Å². The van der Waals surface area contributed by atoms with E-state index in [2.05, 4.69) is 39.5 Å². The second-order valence-electron chi connectivity index (χ2n) is 3.88. The van der Waals surface area contributed by atoms with Gasteiger partial charge < -0.3 is 0 Å². The molecule has 0 nitrogen and oxygen atoms in total. The highest BCUT2D eigenvalue weighted by atomic mass is 14.2. The molecule has 0 aromatic rings. The van der Waals surface area contributed by atoms with Crippen molar-refractivity contribution >= 4 is 0 Å². The second-order valence-corrected chi connectivity index (χ2v) is 3.88. The summed E-state index contributed by atoms with van der Waals surface area (Å²) in [6.45, 7) is 10.6. The Morgan fingerprint density at radius 2 is 2.33 bits per heavy atom. The van der Waals surface area contributed by atoms with Crippen LogP contribution in [0, 0.1) is 5.92 Å². The van der Waals surface area contributed by atoms with Crippen LogP contribution in [-0.2, 0) is 0 Å². The van der Waals surface area contributed by atoms with Gasteiger partial charge in [-0.25, -0.2) is 0 Å². The van der Waals surface area contributed by atoms with Crippen LogP contribution in [0.2, 0.25) is 0 Å². The van der Waals surface area contributed by atoms with Crippen LogP contribution >= 0.6 is 0 Å². The third-order valence-corrected chi connectivity index (χ3v) is 2.49. The van der Waals surface area contributed by atoms with E-state index in [1.165, 1.54) is 16.7 Å². The van der Waals surface area contributed by atoms with Gasteiger partial charge in [-0.15, -0.1) is 0 Å². The van der Waals surface area contributed by atoms with Gasteiger partial charge in [0.25, 0.3) is 0 Å². The molecular formula is C12H18. The maximum Gasteiger partial charge on any atom is 0.00393 e. The van der Waals surface area contributed by atoms with Gasteiger partial charge in [0.1, 0.15) is 0 Å². The summed E-state index contributed by atoms with van der Waals surface area (Å²) in [5, 5.41) is 0. The molecular weight excluding hydrogens is 144 g/mol.